The van der Waals surface area contributed by atoms with Crippen molar-refractivity contribution in [3.05, 3.63) is 57.2 Å². The zero-order chi connectivity index (χ0) is 16.1. The molecule has 0 aliphatic carbocycles. The van der Waals surface area contributed by atoms with E-state index < -0.39 is 0 Å². The lowest BCUT2D eigenvalue weighted by Crippen LogP contribution is -2.50. The van der Waals surface area contributed by atoms with Crippen molar-refractivity contribution in [2.45, 2.75) is 25.2 Å². The maximum absolute atomic E-state index is 12.3. The number of thiophene rings is 1. The van der Waals surface area contributed by atoms with Gasteiger partial charge in [-0.2, -0.15) is 0 Å². The fraction of sp³-hybridized carbons (Fsp3) is 0.353. The molecule has 6 heteroatoms. The molecule has 1 fully saturated rings. The van der Waals surface area contributed by atoms with Crippen LogP contribution in [0.3, 0.4) is 0 Å². The smallest absolute Gasteiger partial charge is 0.263 e. The summed E-state index contributed by atoms with van der Waals surface area (Å²) in [7, 11) is 0. The Balaban J connectivity index is 1.60. The second kappa shape index (κ2) is 7.93. The van der Waals surface area contributed by atoms with Gasteiger partial charge in [0.15, 0.2) is 0 Å². The van der Waals surface area contributed by atoms with Crippen LogP contribution in [0.25, 0.3) is 0 Å². The largest absolute Gasteiger partial charge is 0.379 e. The highest BCUT2D eigenvalue weighted by molar-refractivity contribution is 7.12. The van der Waals surface area contributed by atoms with Crippen molar-refractivity contribution >= 4 is 28.8 Å². The molecule has 0 spiro atoms. The zero-order valence-electron chi connectivity index (χ0n) is 12.5. The first-order valence-corrected chi connectivity index (χ1v) is 8.77. The molecular formula is C17H18ClNO3S. The summed E-state index contributed by atoms with van der Waals surface area (Å²) in [6.07, 6.45) is 0.697. The molecule has 1 N–H and O–H groups in total. The molecule has 3 rings (SSSR count). The fourth-order valence-electron chi connectivity index (χ4n) is 2.52. The van der Waals surface area contributed by atoms with Crippen molar-refractivity contribution in [1.29, 1.82) is 0 Å². The molecule has 0 unspecified atom stereocenters. The summed E-state index contributed by atoms with van der Waals surface area (Å²) in [6, 6.07) is 11.6. The third kappa shape index (κ3) is 4.32. The first-order chi connectivity index (χ1) is 11.2. The minimum Gasteiger partial charge on any atom is -0.379 e. The van der Waals surface area contributed by atoms with E-state index in [0.29, 0.717) is 29.7 Å². The van der Waals surface area contributed by atoms with Gasteiger partial charge in [0, 0.05) is 6.61 Å². The number of hydrogen-bond donors (Lipinski definition) is 1. The number of ether oxygens (including phenoxy) is 2. The van der Waals surface area contributed by atoms with Gasteiger partial charge in [0.2, 0.25) is 0 Å². The van der Waals surface area contributed by atoms with Crippen LogP contribution < -0.4 is 5.32 Å². The Bertz CT molecular complexity index is 646. The summed E-state index contributed by atoms with van der Waals surface area (Å²) in [5, 5.41) is 5.27. The Morgan fingerprint density at radius 2 is 2.17 bits per heavy atom. The first kappa shape index (κ1) is 16.5. The molecule has 1 aliphatic heterocycles. The van der Waals surface area contributed by atoms with E-state index in [4.69, 9.17) is 21.1 Å². The number of nitrogens with one attached hydrogen (secondary N) is 1. The molecule has 2 heterocycles. The van der Waals surface area contributed by atoms with Crippen LogP contribution in [0.2, 0.25) is 5.02 Å². The molecule has 2 atom stereocenters. The van der Waals surface area contributed by atoms with E-state index in [2.05, 4.69) is 5.32 Å². The van der Waals surface area contributed by atoms with Gasteiger partial charge in [0.25, 0.3) is 5.91 Å². The Morgan fingerprint density at radius 3 is 2.91 bits per heavy atom. The highest BCUT2D eigenvalue weighted by Gasteiger charge is 2.29. The average molecular weight is 352 g/mol. The molecular weight excluding hydrogens is 334 g/mol. The van der Waals surface area contributed by atoms with E-state index in [1.165, 1.54) is 11.3 Å². The van der Waals surface area contributed by atoms with Crippen LogP contribution in [0.5, 0.6) is 0 Å². The number of benzene rings is 1. The first-order valence-electron chi connectivity index (χ1n) is 7.51. The second-order valence-corrected chi connectivity index (χ2v) is 6.70. The van der Waals surface area contributed by atoms with E-state index in [1.807, 2.05) is 30.3 Å². The van der Waals surface area contributed by atoms with Crippen molar-refractivity contribution in [3.8, 4) is 0 Å². The molecule has 1 amide bonds. The molecule has 1 aliphatic rings. The van der Waals surface area contributed by atoms with Crippen molar-refractivity contribution in [3.63, 3.8) is 0 Å². The summed E-state index contributed by atoms with van der Waals surface area (Å²) in [5.74, 6) is -0.172. The quantitative estimate of drug-likeness (QED) is 0.896. The summed E-state index contributed by atoms with van der Waals surface area (Å²) in [4.78, 5) is 12.8. The number of hydrogen-bond acceptors (Lipinski definition) is 4. The standard InChI is InChI=1S/C17H18ClNO3S/c18-13-7-9-23-16(13)17(20)19-14-11-21-8-6-15(14)22-10-12-4-2-1-3-5-12/h1-5,7,9,14-15H,6,8,10-11H2,(H,19,20)/t14-,15+/m1/s1. The Morgan fingerprint density at radius 1 is 1.35 bits per heavy atom. The van der Waals surface area contributed by atoms with Crippen LogP contribution in [-0.2, 0) is 16.1 Å². The maximum Gasteiger partial charge on any atom is 0.263 e. The van der Waals surface area contributed by atoms with Crippen LogP contribution in [0.4, 0.5) is 0 Å². The molecule has 122 valence electrons. The van der Waals surface area contributed by atoms with Gasteiger partial charge in [-0.3, -0.25) is 4.79 Å². The minimum absolute atomic E-state index is 0.0633. The van der Waals surface area contributed by atoms with Crippen LogP contribution in [0.15, 0.2) is 41.8 Å². The second-order valence-electron chi connectivity index (χ2n) is 5.38. The number of carbonyl (C=O) groups is 1. The SMILES string of the molecule is O=C(N[C@@H]1COCC[C@@H]1OCc1ccccc1)c1sccc1Cl. The summed E-state index contributed by atoms with van der Waals surface area (Å²) >= 11 is 7.35. The topological polar surface area (TPSA) is 47.6 Å². The zero-order valence-corrected chi connectivity index (χ0v) is 14.1. The highest BCUT2D eigenvalue weighted by atomic mass is 35.5. The highest BCUT2D eigenvalue weighted by Crippen LogP contribution is 2.22. The van der Waals surface area contributed by atoms with E-state index >= 15 is 0 Å². The Labute approximate surface area is 144 Å². The van der Waals surface area contributed by atoms with E-state index in [1.54, 1.807) is 11.4 Å². The van der Waals surface area contributed by atoms with Gasteiger partial charge in [0.1, 0.15) is 4.88 Å². The van der Waals surface area contributed by atoms with Crippen LogP contribution in [-0.4, -0.2) is 31.3 Å². The van der Waals surface area contributed by atoms with Crippen LogP contribution >= 0.6 is 22.9 Å². The lowest BCUT2D eigenvalue weighted by molar-refractivity contribution is -0.0605. The molecule has 2 aromatic rings. The number of halogens is 1. The van der Waals surface area contributed by atoms with Crippen molar-refractivity contribution < 1.29 is 14.3 Å². The average Bonchev–Trinajstić information content (AvgIpc) is 3.01. The van der Waals surface area contributed by atoms with E-state index in [-0.39, 0.29) is 18.1 Å². The molecule has 1 aromatic heterocycles. The van der Waals surface area contributed by atoms with Gasteiger partial charge in [-0.15, -0.1) is 11.3 Å². The monoisotopic (exact) mass is 351 g/mol. The van der Waals surface area contributed by atoms with Gasteiger partial charge in [0.05, 0.1) is 30.4 Å². The van der Waals surface area contributed by atoms with Gasteiger partial charge >= 0.3 is 0 Å². The molecule has 23 heavy (non-hydrogen) atoms. The summed E-state index contributed by atoms with van der Waals surface area (Å²) in [5.41, 5.74) is 1.12. The van der Waals surface area contributed by atoms with Crippen molar-refractivity contribution in [2.24, 2.45) is 0 Å². The fourth-order valence-corrected chi connectivity index (χ4v) is 3.56. The molecule has 0 saturated carbocycles. The van der Waals surface area contributed by atoms with Crippen LogP contribution in [0.1, 0.15) is 21.7 Å². The normalized spacial score (nSPS) is 21.1. The van der Waals surface area contributed by atoms with Gasteiger partial charge < -0.3 is 14.8 Å². The van der Waals surface area contributed by atoms with Gasteiger partial charge in [-0.25, -0.2) is 0 Å². The van der Waals surface area contributed by atoms with Crippen molar-refractivity contribution in [1.82, 2.24) is 5.32 Å². The predicted octanol–water partition coefficient (Wildman–Crippen LogP) is 3.51. The molecule has 0 radical (unpaired) electrons. The Hall–Kier alpha value is -1.40. The third-order valence-corrected chi connectivity index (χ3v) is 5.08. The molecule has 1 saturated heterocycles. The van der Waals surface area contributed by atoms with Crippen molar-refractivity contribution in [2.75, 3.05) is 13.2 Å². The van der Waals surface area contributed by atoms with E-state index in [9.17, 15) is 4.79 Å². The molecule has 1 aromatic carbocycles. The van der Waals surface area contributed by atoms with Crippen LogP contribution in [0, 0.1) is 0 Å². The molecule has 0 bridgehead atoms. The number of carbonyl (C=O) groups excluding carboxylic acids is 1. The lowest BCUT2D eigenvalue weighted by atomic mass is 10.1. The molecule has 4 nitrogen and oxygen atoms in total. The van der Waals surface area contributed by atoms with Gasteiger partial charge in [-0.05, 0) is 23.4 Å². The number of amides is 1. The maximum atomic E-state index is 12.3. The number of rotatable bonds is 5. The lowest BCUT2D eigenvalue weighted by Gasteiger charge is -2.32. The third-order valence-electron chi connectivity index (χ3n) is 3.74. The Kier molecular flexibility index (Phi) is 5.67. The summed E-state index contributed by atoms with van der Waals surface area (Å²) < 4.78 is 11.5. The summed E-state index contributed by atoms with van der Waals surface area (Å²) in [6.45, 7) is 1.62. The predicted molar refractivity (Wildman–Crippen MR) is 91.0 cm³/mol. The minimum atomic E-state index is -0.172. The van der Waals surface area contributed by atoms with E-state index in [0.717, 1.165) is 12.0 Å². The van der Waals surface area contributed by atoms with Gasteiger partial charge in [-0.1, -0.05) is 41.9 Å².